The van der Waals surface area contributed by atoms with E-state index in [1.165, 1.54) is 0 Å². The van der Waals surface area contributed by atoms with E-state index in [1.54, 1.807) is 11.8 Å². The Balaban J connectivity index is 1.55. The maximum absolute atomic E-state index is 12.5. The van der Waals surface area contributed by atoms with E-state index < -0.39 is 0 Å². The number of nitrogens with zero attached hydrogens (tertiary/aromatic N) is 5. The van der Waals surface area contributed by atoms with E-state index in [2.05, 4.69) is 20.4 Å². The first-order valence-electron chi connectivity index (χ1n) is 8.53. The van der Waals surface area contributed by atoms with Crippen LogP contribution in [0.5, 0.6) is 0 Å². The van der Waals surface area contributed by atoms with Crippen LogP contribution in [0.25, 0.3) is 0 Å². The minimum absolute atomic E-state index is 0.0584. The lowest BCUT2D eigenvalue weighted by molar-refractivity contribution is 0.208. The standard InChI is InChI=1S/C18H24N6OS/c1-22(2)16-7-8-17(21-20-16)23-9-11-24(12-10-23)18(25)19-14-5-4-6-15(13-14)26-3/h4-8,13H,9-12H2,1-3H3,(H,19,25). The van der Waals surface area contributed by atoms with E-state index in [0.717, 1.165) is 35.3 Å². The number of nitrogens with one attached hydrogen (secondary N) is 1. The van der Waals surface area contributed by atoms with Crippen molar-refractivity contribution in [3.8, 4) is 0 Å². The Hall–Kier alpha value is -2.48. The van der Waals surface area contributed by atoms with E-state index in [1.807, 2.05) is 66.5 Å². The number of hydrogen-bond acceptors (Lipinski definition) is 6. The maximum atomic E-state index is 12.5. The number of piperazine rings is 1. The number of thioether (sulfide) groups is 1. The van der Waals surface area contributed by atoms with Crippen molar-refractivity contribution in [3.63, 3.8) is 0 Å². The Morgan fingerprint density at radius 3 is 2.50 bits per heavy atom. The Bertz CT molecular complexity index is 744. The van der Waals surface area contributed by atoms with Crippen LogP contribution in [0.15, 0.2) is 41.3 Å². The van der Waals surface area contributed by atoms with Gasteiger partial charge in [-0.05, 0) is 36.6 Å². The molecule has 0 bridgehead atoms. The summed E-state index contributed by atoms with van der Waals surface area (Å²) in [7, 11) is 3.88. The number of anilines is 3. The van der Waals surface area contributed by atoms with Crippen LogP contribution >= 0.6 is 11.8 Å². The molecule has 1 saturated heterocycles. The van der Waals surface area contributed by atoms with Crippen molar-refractivity contribution in [1.82, 2.24) is 15.1 Å². The van der Waals surface area contributed by atoms with Gasteiger partial charge in [-0.2, -0.15) is 0 Å². The first kappa shape index (κ1) is 18.3. The lowest BCUT2D eigenvalue weighted by Gasteiger charge is -2.35. The number of benzene rings is 1. The zero-order valence-electron chi connectivity index (χ0n) is 15.3. The average Bonchev–Trinajstić information content (AvgIpc) is 2.68. The molecule has 0 saturated carbocycles. The van der Waals surface area contributed by atoms with Crippen molar-refractivity contribution >= 4 is 35.1 Å². The third-order valence-corrected chi connectivity index (χ3v) is 5.03. The van der Waals surface area contributed by atoms with E-state index in [9.17, 15) is 4.79 Å². The fourth-order valence-electron chi connectivity index (χ4n) is 2.77. The summed E-state index contributed by atoms with van der Waals surface area (Å²) in [6, 6.07) is 11.8. The summed E-state index contributed by atoms with van der Waals surface area (Å²) in [6.07, 6.45) is 2.02. The molecule has 2 heterocycles. The summed E-state index contributed by atoms with van der Waals surface area (Å²) in [6.45, 7) is 2.80. The normalized spacial score (nSPS) is 14.3. The molecule has 1 aliphatic rings. The highest BCUT2D eigenvalue weighted by Crippen LogP contribution is 2.20. The smallest absolute Gasteiger partial charge is 0.321 e. The molecular weight excluding hydrogens is 348 g/mol. The molecule has 1 fully saturated rings. The van der Waals surface area contributed by atoms with E-state index in [4.69, 9.17) is 0 Å². The molecule has 3 rings (SSSR count). The Kier molecular flexibility index (Phi) is 5.82. The lowest BCUT2D eigenvalue weighted by atomic mass is 10.3. The molecule has 0 atom stereocenters. The van der Waals surface area contributed by atoms with Gasteiger partial charge in [0.15, 0.2) is 11.6 Å². The van der Waals surface area contributed by atoms with E-state index in [0.29, 0.717) is 13.1 Å². The van der Waals surface area contributed by atoms with Crippen LogP contribution in [-0.2, 0) is 0 Å². The Morgan fingerprint density at radius 1 is 1.12 bits per heavy atom. The van der Waals surface area contributed by atoms with Crippen molar-refractivity contribution < 1.29 is 4.79 Å². The van der Waals surface area contributed by atoms with Crippen LogP contribution in [0, 0.1) is 0 Å². The van der Waals surface area contributed by atoms with Gasteiger partial charge >= 0.3 is 6.03 Å². The fourth-order valence-corrected chi connectivity index (χ4v) is 3.23. The highest BCUT2D eigenvalue weighted by atomic mass is 32.2. The molecule has 0 aliphatic carbocycles. The zero-order chi connectivity index (χ0) is 18.5. The van der Waals surface area contributed by atoms with E-state index in [-0.39, 0.29) is 6.03 Å². The number of carbonyl (C=O) groups excluding carboxylic acids is 1. The predicted octanol–water partition coefficient (Wildman–Crippen LogP) is 2.62. The monoisotopic (exact) mass is 372 g/mol. The second-order valence-electron chi connectivity index (χ2n) is 6.28. The summed E-state index contributed by atoms with van der Waals surface area (Å²) >= 11 is 1.66. The summed E-state index contributed by atoms with van der Waals surface area (Å²) in [5.74, 6) is 1.68. The van der Waals surface area contributed by atoms with Gasteiger partial charge in [-0.3, -0.25) is 0 Å². The number of rotatable bonds is 4. The van der Waals surface area contributed by atoms with Gasteiger partial charge in [0.05, 0.1) is 0 Å². The molecular formula is C18H24N6OS. The molecule has 26 heavy (non-hydrogen) atoms. The third-order valence-electron chi connectivity index (χ3n) is 4.31. The van der Waals surface area contributed by atoms with E-state index >= 15 is 0 Å². The minimum Gasteiger partial charge on any atom is -0.361 e. The molecule has 2 amide bonds. The first-order valence-corrected chi connectivity index (χ1v) is 9.75. The fraction of sp³-hybridized carbons (Fsp3) is 0.389. The van der Waals surface area contributed by atoms with Crippen molar-refractivity contribution in [3.05, 3.63) is 36.4 Å². The first-order chi connectivity index (χ1) is 12.6. The molecule has 0 spiro atoms. The minimum atomic E-state index is -0.0584. The van der Waals surface area contributed by atoms with Gasteiger partial charge in [-0.1, -0.05) is 6.07 Å². The quantitative estimate of drug-likeness (QED) is 0.833. The number of hydrogen-bond donors (Lipinski definition) is 1. The second-order valence-corrected chi connectivity index (χ2v) is 7.16. The topological polar surface area (TPSA) is 64.6 Å². The zero-order valence-corrected chi connectivity index (χ0v) is 16.2. The number of aromatic nitrogens is 2. The summed E-state index contributed by atoms with van der Waals surface area (Å²) in [5, 5.41) is 11.5. The highest BCUT2D eigenvalue weighted by molar-refractivity contribution is 7.98. The van der Waals surface area contributed by atoms with Crippen LogP contribution < -0.4 is 15.1 Å². The van der Waals surface area contributed by atoms with Crippen molar-refractivity contribution in [1.29, 1.82) is 0 Å². The van der Waals surface area contributed by atoms with Crippen LogP contribution in [0.2, 0.25) is 0 Å². The molecule has 1 aromatic carbocycles. The Morgan fingerprint density at radius 2 is 1.88 bits per heavy atom. The van der Waals surface area contributed by atoms with Crippen molar-refractivity contribution in [2.45, 2.75) is 4.90 Å². The number of amides is 2. The number of carbonyl (C=O) groups is 1. The van der Waals surface area contributed by atoms with Gasteiger partial charge in [-0.25, -0.2) is 4.79 Å². The molecule has 1 N–H and O–H groups in total. The van der Waals surface area contributed by atoms with Gasteiger partial charge < -0.3 is 20.0 Å². The summed E-state index contributed by atoms with van der Waals surface area (Å²) in [4.78, 5) is 19.5. The average molecular weight is 372 g/mol. The SMILES string of the molecule is CSc1cccc(NC(=O)N2CCN(c3ccc(N(C)C)nn3)CC2)c1. The molecule has 0 unspecified atom stereocenters. The molecule has 1 aliphatic heterocycles. The van der Waals surface area contributed by atoms with Crippen molar-refractivity contribution in [2.24, 2.45) is 0 Å². The second kappa shape index (κ2) is 8.27. The van der Waals surface area contributed by atoms with Crippen LogP contribution in [0.3, 0.4) is 0 Å². The molecule has 1 aromatic heterocycles. The van der Waals surface area contributed by atoms with Gasteiger partial charge in [0.25, 0.3) is 0 Å². The van der Waals surface area contributed by atoms with Gasteiger partial charge in [0, 0.05) is 50.9 Å². The largest absolute Gasteiger partial charge is 0.361 e. The van der Waals surface area contributed by atoms with Crippen LogP contribution in [0.1, 0.15) is 0 Å². The van der Waals surface area contributed by atoms with Gasteiger partial charge in [0.2, 0.25) is 0 Å². The van der Waals surface area contributed by atoms with Crippen LogP contribution in [-0.4, -0.2) is 67.7 Å². The van der Waals surface area contributed by atoms with Crippen molar-refractivity contribution in [2.75, 3.05) is 61.6 Å². The third kappa shape index (κ3) is 4.37. The van der Waals surface area contributed by atoms with Gasteiger partial charge in [-0.15, -0.1) is 22.0 Å². The predicted molar refractivity (Wildman–Crippen MR) is 107 cm³/mol. The maximum Gasteiger partial charge on any atom is 0.321 e. The molecule has 0 radical (unpaired) electrons. The molecule has 138 valence electrons. The van der Waals surface area contributed by atoms with Gasteiger partial charge in [0.1, 0.15) is 0 Å². The molecule has 2 aromatic rings. The lowest BCUT2D eigenvalue weighted by Crippen LogP contribution is -2.50. The summed E-state index contributed by atoms with van der Waals surface area (Å²) < 4.78 is 0. The molecule has 7 nitrogen and oxygen atoms in total. The molecule has 8 heteroatoms. The highest BCUT2D eigenvalue weighted by Gasteiger charge is 2.22. The van der Waals surface area contributed by atoms with Crippen LogP contribution in [0.4, 0.5) is 22.1 Å². The summed E-state index contributed by atoms with van der Waals surface area (Å²) in [5.41, 5.74) is 0.828. The number of urea groups is 1. The Labute approximate surface area is 158 Å².